The van der Waals surface area contributed by atoms with Crippen LogP contribution in [0.2, 0.25) is 0 Å². The number of amides is 1. The van der Waals surface area contributed by atoms with Gasteiger partial charge in [-0.15, -0.1) is 0 Å². The zero-order valence-corrected chi connectivity index (χ0v) is 25.4. The minimum atomic E-state index is -4.79. The van der Waals surface area contributed by atoms with Crippen molar-refractivity contribution >= 4 is 43.9 Å². The lowest BCUT2D eigenvalue weighted by atomic mass is 9.90. The van der Waals surface area contributed by atoms with E-state index in [1.807, 2.05) is 0 Å². The van der Waals surface area contributed by atoms with E-state index in [9.17, 15) is 40.3 Å². The number of rotatable bonds is 7. The van der Waals surface area contributed by atoms with Crippen LogP contribution in [0.1, 0.15) is 48.9 Å². The fraction of sp³-hybridized carbons (Fsp3) is 0.290. The number of alkyl halides is 5. The predicted octanol–water partition coefficient (Wildman–Crippen LogP) is 7.14. The van der Waals surface area contributed by atoms with Crippen molar-refractivity contribution in [2.75, 3.05) is 5.32 Å². The number of anilines is 1. The lowest BCUT2D eigenvalue weighted by molar-refractivity contribution is -0.137. The number of halogens is 5. The van der Waals surface area contributed by atoms with Crippen LogP contribution in [0, 0.1) is 6.92 Å². The molecule has 2 aromatic carbocycles. The summed E-state index contributed by atoms with van der Waals surface area (Å²) < 4.78 is 98.0. The van der Waals surface area contributed by atoms with Crippen molar-refractivity contribution in [3.63, 3.8) is 0 Å². The molecule has 0 aliphatic heterocycles. The smallest absolute Gasteiger partial charge is 0.416 e. The first-order valence-electron chi connectivity index (χ1n) is 14.5. The molecule has 1 fully saturated rings. The highest BCUT2D eigenvalue weighted by Gasteiger charge is 2.33. The fourth-order valence-corrected chi connectivity index (χ4v) is 7.25. The Labute approximate surface area is 264 Å². The lowest BCUT2D eigenvalue weighted by Crippen LogP contribution is -2.48. The SMILES string of the molecule is Cc1ccc(S(=O)(=O)n2cc(-c3cnc(C(F)F)c4cnc(N[C@@H]5CCCC[C@@H]5NC(=O)O)nc34)c3ccc(C(F)(F)F)cc32)cc1. The third-order valence-electron chi connectivity index (χ3n) is 8.22. The lowest BCUT2D eigenvalue weighted by Gasteiger charge is -2.32. The summed E-state index contributed by atoms with van der Waals surface area (Å²) >= 11 is 0. The fourth-order valence-electron chi connectivity index (χ4n) is 5.89. The van der Waals surface area contributed by atoms with E-state index in [2.05, 4.69) is 25.6 Å². The van der Waals surface area contributed by atoms with Crippen LogP contribution in [-0.2, 0) is 16.2 Å². The largest absolute Gasteiger partial charge is 0.465 e. The number of carboxylic acid groups (broad SMARTS) is 1. The van der Waals surface area contributed by atoms with Crippen LogP contribution in [0.3, 0.4) is 0 Å². The summed E-state index contributed by atoms with van der Waals surface area (Å²) in [5.74, 6) is -0.00960. The average molecular weight is 675 g/mol. The topological polar surface area (TPSA) is 139 Å². The Hall–Kier alpha value is -4.86. The van der Waals surface area contributed by atoms with Gasteiger partial charge in [0.25, 0.3) is 16.4 Å². The second-order valence-corrected chi connectivity index (χ2v) is 13.1. The molecule has 3 heterocycles. The number of benzene rings is 2. The van der Waals surface area contributed by atoms with Crippen LogP contribution in [0.25, 0.3) is 32.9 Å². The summed E-state index contributed by atoms with van der Waals surface area (Å²) in [6.07, 6.45) is -2.98. The third-order valence-corrected chi connectivity index (χ3v) is 9.90. The first-order chi connectivity index (χ1) is 22.2. The van der Waals surface area contributed by atoms with Crippen LogP contribution in [0.5, 0.6) is 0 Å². The standard InChI is InChI=1S/C31H27F5N6O4S/c1-16-6-9-18(10-7-16)47(45,46)42-15-22(19-11-8-17(12-25(19)42)31(34,35)36)20-13-37-27(28(32)33)21-14-38-29(41-26(20)21)39-23-4-2-3-5-24(23)40-30(43)44/h6-15,23-24,28,40H,2-5H2,1H3,(H,43,44)(H,38,39,41)/t23-,24+/m1/s1. The van der Waals surface area contributed by atoms with Crippen molar-refractivity contribution in [1.82, 2.24) is 24.2 Å². The Kier molecular flexibility index (Phi) is 8.23. The van der Waals surface area contributed by atoms with Crippen molar-refractivity contribution in [2.45, 2.75) is 62.2 Å². The number of hydrogen-bond acceptors (Lipinski definition) is 7. The molecule has 3 aromatic heterocycles. The van der Waals surface area contributed by atoms with Gasteiger partial charge in [-0.3, -0.25) is 4.98 Å². The number of aromatic nitrogens is 4. The van der Waals surface area contributed by atoms with Gasteiger partial charge in [0.05, 0.1) is 27.5 Å². The Balaban J connectivity index is 1.56. The van der Waals surface area contributed by atoms with Crippen molar-refractivity contribution in [3.05, 3.63) is 77.9 Å². The van der Waals surface area contributed by atoms with E-state index < -0.39 is 52.1 Å². The van der Waals surface area contributed by atoms with E-state index in [4.69, 9.17) is 0 Å². The van der Waals surface area contributed by atoms with Crippen molar-refractivity contribution < 1.29 is 40.3 Å². The van der Waals surface area contributed by atoms with Gasteiger partial charge < -0.3 is 15.7 Å². The maximum absolute atomic E-state index is 14.1. The maximum atomic E-state index is 14.1. The average Bonchev–Trinajstić information content (AvgIpc) is 3.40. The molecule has 3 N–H and O–H groups in total. The monoisotopic (exact) mass is 674 g/mol. The molecule has 0 unspecified atom stereocenters. The highest BCUT2D eigenvalue weighted by molar-refractivity contribution is 7.90. The highest BCUT2D eigenvalue weighted by atomic mass is 32.2. The van der Waals surface area contributed by atoms with Gasteiger partial charge in [-0.2, -0.15) is 13.2 Å². The molecule has 0 spiro atoms. The molecule has 0 radical (unpaired) electrons. The van der Waals surface area contributed by atoms with Gasteiger partial charge in [0.15, 0.2) is 0 Å². The Morgan fingerprint density at radius 2 is 1.68 bits per heavy atom. The maximum Gasteiger partial charge on any atom is 0.416 e. The summed E-state index contributed by atoms with van der Waals surface area (Å²) in [4.78, 5) is 23.8. The molecular formula is C31H27F5N6O4S. The second-order valence-electron chi connectivity index (χ2n) is 11.3. The summed E-state index contributed by atoms with van der Waals surface area (Å²) in [7, 11) is -4.44. The molecule has 10 nitrogen and oxygen atoms in total. The van der Waals surface area contributed by atoms with Crippen molar-refractivity contribution in [3.8, 4) is 11.1 Å². The molecule has 0 saturated heterocycles. The number of aryl methyl sites for hydroxylation is 1. The molecule has 6 rings (SSSR count). The Morgan fingerprint density at radius 3 is 2.34 bits per heavy atom. The first-order valence-corrected chi connectivity index (χ1v) is 15.9. The molecule has 1 aliphatic rings. The molecule has 47 heavy (non-hydrogen) atoms. The van der Waals surface area contributed by atoms with Crippen molar-refractivity contribution in [1.29, 1.82) is 0 Å². The van der Waals surface area contributed by atoms with E-state index in [0.717, 1.165) is 53.1 Å². The van der Waals surface area contributed by atoms with Gasteiger partial charge in [0.1, 0.15) is 5.69 Å². The molecule has 1 saturated carbocycles. The summed E-state index contributed by atoms with van der Waals surface area (Å²) in [6.45, 7) is 1.75. The van der Waals surface area contributed by atoms with Crippen LogP contribution >= 0.6 is 0 Å². The predicted molar refractivity (Wildman–Crippen MR) is 163 cm³/mol. The van der Waals surface area contributed by atoms with Gasteiger partial charge in [-0.05, 0) is 44.0 Å². The van der Waals surface area contributed by atoms with Gasteiger partial charge in [0, 0.05) is 46.5 Å². The van der Waals surface area contributed by atoms with Crippen LogP contribution < -0.4 is 10.6 Å². The van der Waals surface area contributed by atoms with E-state index in [-0.39, 0.29) is 43.8 Å². The molecule has 0 bridgehead atoms. The summed E-state index contributed by atoms with van der Waals surface area (Å²) in [5, 5.41) is 14.8. The third kappa shape index (κ3) is 6.16. The zero-order valence-electron chi connectivity index (χ0n) is 24.6. The normalized spacial score (nSPS) is 17.3. The van der Waals surface area contributed by atoms with E-state index in [1.54, 1.807) is 19.1 Å². The molecule has 5 aromatic rings. The zero-order chi connectivity index (χ0) is 33.7. The molecule has 2 atom stereocenters. The van der Waals surface area contributed by atoms with Crippen LogP contribution in [0.4, 0.5) is 32.7 Å². The van der Waals surface area contributed by atoms with Gasteiger partial charge in [0.2, 0.25) is 5.95 Å². The molecular weight excluding hydrogens is 647 g/mol. The van der Waals surface area contributed by atoms with Crippen LogP contribution in [0.15, 0.2) is 66.0 Å². The Bertz CT molecular complexity index is 2100. The van der Waals surface area contributed by atoms with Crippen molar-refractivity contribution in [2.24, 2.45) is 0 Å². The first kappa shape index (κ1) is 32.1. The summed E-state index contributed by atoms with van der Waals surface area (Å²) in [5.41, 5.74) is -1.17. The number of nitrogens with one attached hydrogen (secondary N) is 2. The molecule has 16 heteroatoms. The van der Waals surface area contributed by atoms with Crippen LogP contribution in [-0.4, -0.2) is 50.6 Å². The van der Waals surface area contributed by atoms with E-state index >= 15 is 0 Å². The summed E-state index contributed by atoms with van der Waals surface area (Å²) in [6, 6.07) is 7.52. The quantitative estimate of drug-likeness (QED) is 0.155. The number of nitrogens with zero attached hydrogens (tertiary/aromatic N) is 4. The number of pyridine rings is 1. The molecule has 1 aliphatic carbocycles. The highest BCUT2D eigenvalue weighted by Crippen LogP contribution is 2.40. The van der Waals surface area contributed by atoms with E-state index in [1.165, 1.54) is 12.1 Å². The number of fused-ring (bicyclic) bond motifs is 2. The van der Waals surface area contributed by atoms with Gasteiger partial charge >= 0.3 is 12.3 Å². The molecule has 1 amide bonds. The number of carbonyl (C=O) groups is 1. The second kappa shape index (κ2) is 12.1. The van der Waals surface area contributed by atoms with Gasteiger partial charge in [-0.25, -0.2) is 35.9 Å². The minimum absolute atomic E-state index is 0.00960. The minimum Gasteiger partial charge on any atom is -0.465 e. The number of hydrogen-bond donors (Lipinski definition) is 3. The molecule has 246 valence electrons. The van der Waals surface area contributed by atoms with Gasteiger partial charge in [-0.1, -0.05) is 36.6 Å². The van der Waals surface area contributed by atoms with E-state index in [0.29, 0.717) is 18.9 Å². The Morgan fingerprint density at radius 1 is 0.979 bits per heavy atom.